The standard InChI is InChI=1S/C30H29ClF3N3O4S/c1-4-5-13-41-28-26-29(40)35(18(3)30(32,33)34)16-37(36(26)14-21(17(2)38)27(28)39)25-20-10-6-7-12-23(20)42-15-19-9-8-11-22(31)24(19)25/h6-12,14,18,25H,4-5,13,15-16H2,1-3H3/t18-,25-/m1/s1. The second-order valence-electron chi connectivity index (χ2n) is 10.3. The molecule has 42 heavy (non-hydrogen) atoms. The zero-order chi connectivity index (χ0) is 30.3. The molecule has 5 rings (SSSR count). The SMILES string of the molecule is CCCCOc1c2n(cc(C(C)=O)c1=O)N([C@@H]1c3ccccc3SCc3cccc(Cl)c31)CN([C@H](C)C(F)(F)F)C2=O. The van der Waals surface area contributed by atoms with Gasteiger partial charge in [-0.25, -0.2) is 0 Å². The second kappa shape index (κ2) is 11.7. The highest BCUT2D eigenvalue weighted by Gasteiger charge is 2.48. The lowest BCUT2D eigenvalue weighted by Crippen LogP contribution is -2.60. The summed E-state index contributed by atoms with van der Waals surface area (Å²) in [4.78, 5) is 41.6. The molecule has 2 aromatic carbocycles. The highest BCUT2D eigenvalue weighted by atomic mass is 35.5. The van der Waals surface area contributed by atoms with Crippen LogP contribution in [0.1, 0.15) is 77.2 Å². The Bertz CT molecular complexity index is 1610. The number of hydrogen-bond acceptors (Lipinski definition) is 6. The fourth-order valence-corrected chi connectivity index (χ4v) is 6.64. The minimum absolute atomic E-state index is 0.0414. The van der Waals surface area contributed by atoms with Crippen LogP contribution in [0, 0.1) is 0 Å². The smallest absolute Gasteiger partial charge is 0.408 e. The Kier molecular flexibility index (Phi) is 8.35. The molecule has 7 nitrogen and oxygen atoms in total. The molecule has 1 amide bonds. The molecule has 0 N–H and O–H groups in total. The number of fused-ring (bicyclic) bond motifs is 3. The number of thioether (sulfide) groups is 1. The average Bonchev–Trinajstić information content (AvgIpc) is 3.11. The molecule has 3 aromatic rings. The zero-order valence-corrected chi connectivity index (χ0v) is 24.8. The van der Waals surface area contributed by atoms with E-state index in [0.717, 1.165) is 22.9 Å². The highest BCUT2D eigenvalue weighted by molar-refractivity contribution is 7.98. The summed E-state index contributed by atoms with van der Waals surface area (Å²) in [6, 6.07) is 9.95. The molecule has 0 saturated heterocycles. The van der Waals surface area contributed by atoms with Crippen molar-refractivity contribution in [3.05, 3.63) is 91.9 Å². The summed E-state index contributed by atoms with van der Waals surface area (Å²) in [6.07, 6.45) is -2.28. The van der Waals surface area contributed by atoms with E-state index in [1.54, 1.807) is 22.8 Å². The van der Waals surface area contributed by atoms with E-state index < -0.39 is 47.8 Å². The number of unbranched alkanes of at least 4 members (excludes halogenated alkanes) is 1. The van der Waals surface area contributed by atoms with Gasteiger partial charge in [0.2, 0.25) is 5.43 Å². The minimum Gasteiger partial charge on any atom is -0.487 e. The van der Waals surface area contributed by atoms with Crippen LogP contribution in [0.25, 0.3) is 0 Å². The molecule has 12 heteroatoms. The molecule has 0 spiro atoms. The number of Topliss-reactive ketones (excluding diaryl/α,β-unsaturated/α-hetero) is 1. The minimum atomic E-state index is -4.75. The predicted molar refractivity (Wildman–Crippen MR) is 155 cm³/mol. The molecule has 0 unspecified atom stereocenters. The largest absolute Gasteiger partial charge is 0.487 e. The average molecular weight is 620 g/mol. The van der Waals surface area contributed by atoms with Crippen molar-refractivity contribution in [3.63, 3.8) is 0 Å². The van der Waals surface area contributed by atoms with Crippen LogP contribution in [-0.4, -0.2) is 46.8 Å². The summed E-state index contributed by atoms with van der Waals surface area (Å²) in [5, 5.41) is 1.96. The number of carbonyl (C=O) groups excluding carboxylic acids is 2. The predicted octanol–water partition coefficient (Wildman–Crippen LogP) is 6.58. The second-order valence-corrected chi connectivity index (χ2v) is 11.7. The summed E-state index contributed by atoms with van der Waals surface area (Å²) in [5.74, 6) is -1.48. The van der Waals surface area contributed by atoms with Crippen LogP contribution in [0.3, 0.4) is 0 Å². The number of benzene rings is 2. The number of ether oxygens (including phenoxy) is 1. The fourth-order valence-electron chi connectivity index (χ4n) is 5.26. The summed E-state index contributed by atoms with van der Waals surface area (Å²) in [6.45, 7) is 3.56. The Morgan fingerprint density at radius 3 is 2.60 bits per heavy atom. The van der Waals surface area contributed by atoms with Gasteiger partial charge >= 0.3 is 6.18 Å². The van der Waals surface area contributed by atoms with E-state index in [1.165, 1.54) is 17.8 Å². The van der Waals surface area contributed by atoms with Crippen molar-refractivity contribution in [2.45, 2.75) is 62.5 Å². The molecule has 0 bridgehead atoms. The Balaban J connectivity index is 1.85. The quantitative estimate of drug-likeness (QED) is 0.220. The lowest BCUT2D eigenvalue weighted by atomic mass is 9.94. The van der Waals surface area contributed by atoms with Crippen molar-refractivity contribution >= 4 is 35.1 Å². The lowest BCUT2D eigenvalue weighted by molar-refractivity contribution is -0.173. The van der Waals surface area contributed by atoms with Crippen LogP contribution >= 0.6 is 23.4 Å². The van der Waals surface area contributed by atoms with E-state index in [1.807, 2.05) is 43.3 Å². The number of nitrogens with zero attached hydrogens (tertiary/aromatic N) is 3. The van der Waals surface area contributed by atoms with E-state index in [0.29, 0.717) is 34.1 Å². The zero-order valence-electron chi connectivity index (χ0n) is 23.2. The topological polar surface area (TPSA) is 71.8 Å². The summed E-state index contributed by atoms with van der Waals surface area (Å²) < 4.78 is 49.7. The number of halogens is 4. The van der Waals surface area contributed by atoms with E-state index in [-0.39, 0.29) is 17.9 Å². The first-order valence-electron chi connectivity index (χ1n) is 13.5. The van der Waals surface area contributed by atoms with Crippen LogP contribution in [0.4, 0.5) is 13.2 Å². The van der Waals surface area contributed by atoms with Crippen molar-refractivity contribution in [1.29, 1.82) is 0 Å². The first kappa shape index (κ1) is 30.0. The molecule has 3 heterocycles. The number of rotatable bonds is 7. The van der Waals surface area contributed by atoms with Gasteiger partial charge in [0.25, 0.3) is 5.91 Å². The Morgan fingerprint density at radius 2 is 1.90 bits per heavy atom. The van der Waals surface area contributed by atoms with Gasteiger partial charge in [0.1, 0.15) is 18.8 Å². The monoisotopic (exact) mass is 619 g/mol. The van der Waals surface area contributed by atoms with Gasteiger partial charge in [-0.2, -0.15) is 13.2 Å². The normalized spacial score (nSPS) is 17.2. The number of aromatic nitrogens is 1. The van der Waals surface area contributed by atoms with Gasteiger partial charge in [-0.15, -0.1) is 11.8 Å². The third kappa shape index (κ3) is 5.28. The molecule has 222 valence electrons. The molecule has 2 aliphatic heterocycles. The van der Waals surface area contributed by atoms with Crippen LogP contribution in [-0.2, 0) is 5.75 Å². The molecule has 1 aromatic heterocycles. The summed E-state index contributed by atoms with van der Waals surface area (Å²) in [5.41, 5.74) is 0.839. The van der Waals surface area contributed by atoms with Crippen molar-refractivity contribution in [2.24, 2.45) is 0 Å². The fraction of sp³-hybridized carbons (Fsp3) is 0.367. The van der Waals surface area contributed by atoms with Crippen LogP contribution < -0.4 is 15.2 Å². The van der Waals surface area contributed by atoms with Crippen molar-refractivity contribution in [3.8, 4) is 5.75 Å². The first-order valence-corrected chi connectivity index (χ1v) is 14.9. The van der Waals surface area contributed by atoms with Crippen molar-refractivity contribution < 1.29 is 27.5 Å². The van der Waals surface area contributed by atoms with Crippen molar-refractivity contribution in [1.82, 2.24) is 9.58 Å². The maximum Gasteiger partial charge on any atom is 0.408 e. The number of ketones is 1. The Labute approximate surface area is 250 Å². The van der Waals surface area contributed by atoms with Gasteiger partial charge in [0.05, 0.1) is 12.2 Å². The van der Waals surface area contributed by atoms with Gasteiger partial charge < -0.3 is 9.64 Å². The summed E-state index contributed by atoms with van der Waals surface area (Å²) >= 11 is 8.38. The van der Waals surface area contributed by atoms with E-state index in [9.17, 15) is 27.6 Å². The molecule has 0 aliphatic carbocycles. The molecule has 0 radical (unpaired) electrons. The Hall–Kier alpha value is -3.44. The number of pyridine rings is 1. The van der Waals surface area contributed by atoms with Gasteiger partial charge in [-0.1, -0.05) is 55.3 Å². The number of alkyl halides is 3. The maximum atomic E-state index is 14.2. The van der Waals surface area contributed by atoms with Crippen LogP contribution in [0.2, 0.25) is 5.02 Å². The van der Waals surface area contributed by atoms with Gasteiger partial charge in [0, 0.05) is 27.4 Å². The molecular formula is C30H29ClF3N3O4S. The molecule has 2 atom stereocenters. The van der Waals surface area contributed by atoms with Gasteiger partial charge in [-0.05, 0) is 43.5 Å². The van der Waals surface area contributed by atoms with Crippen LogP contribution in [0.15, 0.2) is 58.4 Å². The van der Waals surface area contributed by atoms with Gasteiger partial charge in [0.15, 0.2) is 17.2 Å². The summed E-state index contributed by atoms with van der Waals surface area (Å²) in [7, 11) is 0. The molecule has 0 fully saturated rings. The van der Waals surface area contributed by atoms with Crippen molar-refractivity contribution in [2.75, 3.05) is 18.3 Å². The number of carbonyl (C=O) groups is 2. The highest BCUT2D eigenvalue weighted by Crippen LogP contribution is 2.45. The first-order chi connectivity index (χ1) is 20.0. The van der Waals surface area contributed by atoms with E-state index in [4.69, 9.17) is 16.3 Å². The third-order valence-electron chi connectivity index (χ3n) is 7.56. The van der Waals surface area contributed by atoms with E-state index >= 15 is 0 Å². The third-order valence-corrected chi connectivity index (χ3v) is 9.03. The Morgan fingerprint density at radius 1 is 1.17 bits per heavy atom. The number of amides is 1. The van der Waals surface area contributed by atoms with E-state index in [2.05, 4.69) is 0 Å². The van der Waals surface area contributed by atoms with Crippen LogP contribution in [0.5, 0.6) is 5.75 Å². The number of hydrogen-bond donors (Lipinski definition) is 0. The molecule has 2 aliphatic rings. The van der Waals surface area contributed by atoms with Gasteiger partial charge in [-0.3, -0.25) is 24.1 Å². The maximum absolute atomic E-state index is 14.2. The lowest BCUT2D eigenvalue weighted by Gasteiger charge is -2.46. The molecular weight excluding hydrogens is 591 g/mol. The molecule has 0 saturated carbocycles.